The summed E-state index contributed by atoms with van der Waals surface area (Å²) in [5.74, 6) is 0.472. The summed E-state index contributed by atoms with van der Waals surface area (Å²) in [6, 6.07) is 1.78. The Morgan fingerprint density at radius 3 is 3.00 bits per heavy atom. The minimum Gasteiger partial charge on any atom is -0.369 e. The second kappa shape index (κ2) is 3.90. The molecule has 1 saturated heterocycles. The number of carbonyl (C=O) groups is 1. The fourth-order valence-corrected chi connectivity index (χ4v) is 2.00. The number of primary amides is 1. The van der Waals surface area contributed by atoms with Crippen molar-refractivity contribution in [1.29, 1.82) is 0 Å². The predicted molar refractivity (Wildman–Crippen MR) is 61.2 cm³/mol. The molecule has 1 amide bonds. The van der Waals surface area contributed by atoms with Gasteiger partial charge in [-0.3, -0.25) is 4.79 Å². The lowest BCUT2D eigenvalue weighted by Crippen LogP contribution is -2.37. The second-order valence-corrected chi connectivity index (χ2v) is 4.62. The summed E-state index contributed by atoms with van der Waals surface area (Å²) >= 11 is 5.72. The number of halogens is 1. The molecule has 1 aliphatic rings. The van der Waals surface area contributed by atoms with Crippen molar-refractivity contribution in [2.24, 2.45) is 11.1 Å². The van der Waals surface area contributed by atoms with Gasteiger partial charge in [0.1, 0.15) is 5.82 Å². The van der Waals surface area contributed by atoms with Gasteiger partial charge in [-0.25, -0.2) is 9.97 Å². The number of anilines is 1. The van der Waals surface area contributed by atoms with E-state index in [0.29, 0.717) is 6.54 Å². The van der Waals surface area contributed by atoms with Gasteiger partial charge in [-0.15, -0.1) is 0 Å². The van der Waals surface area contributed by atoms with Crippen LogP contribution < -0.4 is 10.6 Å². The van der Waals surface area contributed by atoms with Gasteiger partial charge in [0.15, 0.2) is 0 Å². The zero-order valence-electron chi connectivity index (χ0n) is 8.98. The van der Waals surface area contributed by atoms with Crippen molar-refractivity contribution in [3.8, 4) is 0 Å². The molecule has 2 N–H and O–H groups in total. The van der Waals surface area contributed by atoms with Crippen molar-refractivity contribution in [2.75, 3.05) is 18.0 Å². The smallest absolute Gasteiger partial charge is 0.225 e. The molecule has 0 aromatic carbocycles. The summed E-state index contributed by atoms with van der Waals surface area (Å²) in [5.41, 5.74) is 4.90. The van der Waals surface area contributed by atoms with Gasteiger partial charge in [-0.05, 0) is 31.0 Å². The first-order valence-corrected chi connectivity index (χ1v) is 5.42. The average molecular weight is 241 g/mol. The molecular weight excluding hydrogens is 228 g/mol. The van der Waals surface area contributed by atoms with Crippen molar-refractivity contribution in [1.82, 2.24) is 9.97 Å². The van der Waals surface area contributed by atoms with Gasteiger partial charge in [0, 0.05) is 19.3 Å². The second-order valence-electron chi connectivity index (χ2n) is 4.28. The molecule has 0 spiro atoms. The minimum absolute atomic E-state index is 0.213. The van der Waals surface area contributed by atoms with E-state index in [0.717, 1.165) is 18.8 Å². The Balaban J connectivity index is 2.18. The highest BCUT2D eigenvalue weighted by atomic mass is 35.5. The normalized spacial score (nSPS) is 24.8. The van der Waals surface area contributed by atoms with Crippen LogP contribution in [0.5, 0.6) is 0 Å². The zero-order valence-corrected chi connectivity index (χ0v) is 9.74. The number of hydrogen-bond acceptors (Lipinski definition) is 4. The summed E-state index contributed by atoms with van der Waals surface area (Å²) in [5, 5.41) is 0.213. The van der Waals surface area contributed by atoms with Crippen molar-refractivity contribution < 1.29 is 4.79 Å². The number of amides is 1. The van der Waals surface area contributed by atoms with Crippen LogP contribution in [0.25, 0.3) is 0 Å². The highest BCUT2D eigenvalue weighted by molar-refractivity contribution is 6.28. The van der Waals surface area contributed by atoms with Gasteiger partial charge in [0.2, 0.25) is 11.2 Å². The Bertz CT molecular complexity index is 425. The van der Waals surface area contributed by atoms with Crippen molar-refractivity contribution in [3.63, 3.8) is 0 Å². The highest BCUT2D eigenvalue weighted by Gasteiger charge is 2.39. The SMILES string of the molecule is CC1(C(N)=O)CCN(c2ccnc(Cl)n2)C1. The van der Waals surface area contributed by atoms with E-state index in [2.05, 4.69) is 9.97 Å². The van der Waals surface area contributed by atoms with Crippen LogP contribution in [0, 0.1) is 5.41 Å². The first kappa shape index (κ1) is 11.1. The molecule has 86 valence electrons. The number of nitrogens with two attached hydrogens (primary N) is 1. The fraction of sp³-hybridized carbons (Fsp3) is 0.500. The number of hydrogen-bond donors (Lipinski definition) is 1. The maximum atomic E-state index is 11.3. The third-order valence-electron chi connectivity index (χ3n) is 3.00. The molecule has 1 aliphatic heterocycles. The van der Waals surface area contributed by atoms with Crippen LogP contribution in [-0.4, -0.2) is 29.0 Å². The maximum Gasteiger partial charge on any atom is 0.225 e. The molecular formula is C10H13ClN4O. The van der Waals surface area contributed by atoms with Gasteiger partial charge in [0.25, 0.3) is 0 Å². The molecule has 1 atom stereocenters. The minimum atomic E-state index is -0.475. The summed E-state index contributed by atoms with van der Waals surface area (Å²) in [6.07, 6.45) is 2.34. The predicted octanol–water partition coefficient (Wildman–Crippen LogP) is 0.832. The molecule has 0 radical (unpaired) electrons. The molecule has 1 unspecified atom stereocenters. The lowest BCUT2D eigenvalue weighted by Gasteiger charge is -2.21. The number of nitrogens with zero attached hydrogens (tertiary/aromatic N) is 3. The topological polar surface area (TPSA) is 72.1 Å². The molecule has 0 bridgehead atoms. The molecule has 0 aliphatic carbocycles. The van der Waals surface area contributed by atoms with Crippen LogP contribution in [0.1, 0.15) is 13.3 Å². The third-order valence-corrected chi connectivity index (χ3v) is 3.19. The molecule has 2 heterocycles. The Morgan fingerprint density at radius 2 is 2.44 bits per heavy atom. The van der Waals surface area contributed by atoms with E-state index >= 15 is 0 Å². The van der Waals surface area contributed by atoms with Gasteiger partial charge >= 0.3 is 0 Å². The molecule has 6 heteroatoms. The number of aromatic nitrogens is 2. The van der Waals surface area contributed by atoms with Gasteiger partial charge in [0.05, 0.1) is 5.41 Å². The molecule has 5 nitrogen and oxygen atoms in total. The molecule has 1 aromatic rings. The molecule has 1 aromatic heterocycles. The Hall–Kier alpha value is -1.36. The van der Waals surface area contributed by atoms with Crippen LogP contribution in [-0.2, 0) is 4.79 Å². The summed E-state index contributed by atoms with van der Waals surface area (Å²) in [6.45, 7) is 3.21. The largest absolute Gasteiger partial charge is 0.369 e. The number of carbonyl (C=O) groups excluding carboxylic acids is 1. The molecule has 16 heavy (non-hydrogen) atoms. The third kappa shape index (κ3) is 1.95. The van der Waals surface area contributed by atoms with Crippen molar-refractivity contribution in [3.05, 3.63) is 17.5 Å². The Morgan fingerprint density at radius 1 is 1.69 bits per heavy atom. The fourth-order valence-electron chi connectivity index (χ4n) is 1.86. The average Bonchev–Trinajstić information content (AvgIpc) is 2.62. The molecule has 0 saturated carbocycles. The maximum absolute atomic E-state index is 11.3. The van der Waals surface area contributed by atoms with Crippen molar-refractivity contribution >= 4 is 23.3 Å². The zero-order chi connectivity index (χ0) is 11.8. The van der Waals surface area contributed by atoms with Crippen LogP contribution in [0.4, 0.5) is 5.82 Å². The first-order valence-electron chi connectivity index (χ1n) is 5.05. The first-order chi connectivity index (χ1) is 7.51. The summed E-state index contributed by atoms with van der Waals surface area (Å²) in [7, 11) is 0. The summed E-state index contributed by atoms with van der Waals surface area (Å²) in [4.78, 5) is 21.2. The lowest BCUT2D eigenvalue weighted by molar-refractivity contribution is -0.125. The van der Waals surface area contributed by atoms with E-state index in [-0.39, 0.29) is 11.2 Å². The highest BCUT2D eigenvalue weighted by Crippen LogP contribution is 2.32. The quantitative estimate of drug-likeness (QED) is 0.778. The van der Waals surface area contributed by atoms with Crippen molar-refractivity contribution in [2.45, 2.75) is 13.3 Å². The monoisotopic (exact) mass is 240 g/mol. The van der Waals surface area contributed by atoms with Crippen LogP contribution >= 0.6 is 11.6 Å². The van der Waals surface area contributed by atoms with E-state index in [9.17, 15) is 4.79 Å². The molecule has 1 fully saturated rings. The summed E-state index contributed by atoms with van der Waals surface area (Å²) < 4.78 is 0. The van der Waals surface area contributed by atoms with Gasteiger partial charge < -0.3 is 10.6 Å². The van der Waals surface area contributed by atoms with E-state index in [1.165, 1.54) is 0 Å². The van der Waals surface area contributed by atoms with Gasteiger partial charge in [-0.2, -0.15) is 0 Å². The van der Waals surface area contributed by atoms with Gasteiger partial charge in [-0.1, -0.05) is 0 Å². The van der Waals surface area contributed by atoms with Crippen LogP contribution in [0.2, 0.25) is 5.28 Å². The number of rotatable bonds is 2. The van der Waals surface area contributed by atoms with E-state index in [4.69, 9.17) is 17.3 Å². The molecule has 2 rings (SSSR count). The Kier molecular flexibility index (Phi) is 2.71. The van der Waals surface area contributed by atoms with E-state index < -0.39 is 5.41 Å². The van der Waals surface area contributed by atoms with Crippen LogP contribution in [0.3, 0.4) is 0 Å². The van der Waals surface area contributed by atoms with E-state index in [1.54, 1.807) is 12.3 Å². The standard InChI is InChI=1S/C10H13ClN4O/c1-10(8(12)16)3-5-15(6-10)7-2-4-13-9(11)14-7/h2,4H,3,5-6H2,1H3,(H2,12,16). The lowest BCUT2D eigenvalue weighted by atomic mass is 9.89. The van der Waals surface area contributed by atoms with E-state index in [1.807, 2.05) is 11.8 Å². The van der Waals surface area contributed by atoms with Crippen LogP contribution in [0.15, 0.2) is 12.3 Å². The Labute approximate surface area is 98.6 Å².